The highest BCUT2D eigenvalue weighted by molar-refractivity contribution is 5.88. The molecule has 0 aromatic heterocycles. The largest absolute Gasteiger partial charge is 0.335 e. The predicted molar refractivity (Wildman–Crippen MR) is 131 cm³/mol. The highest BCUT2D eigenvalue weighted by Gasteiger charge is 2.22. The van der Waals surface area contributed by atoms with Crippen LogP contribution in [0, 0.1) is 6.92 Å². The number of nitrogens with zero attached hydrogens (tertiary/aromatic N) is 2. The Labute approximate surface area is 191 Å². The van der Waals surface area contributed by atoms with Gasteiger partial charge in [0.2, 0.25) is 5.91 Å². The van der Waals surface area contributed by atoms with Gasteiger partial charge in [0.25, 0.3) is 5.91 Å². The molecule has 1 unspecified atom stereocenters. The fraction of sp³-hybridized carbons (Fsp3) is 0.308. The summed E-state index contributed by atoms with van der Waals surface area (Å²) in [6.45, 7) is 2.10. The number of amides is 2. The minimum atomic E-state index is -0.377. The van der Waals surface area contributed by atoms with Crippen molar-refractivity contribution in [2.75, 3.05) is 34.7 Å². The summed E-state index contributed by atoms with van der Waals surface area (Å²) in [5.41, 5.74) is 5.04. The summed E-state index contributed by atoms with van der Waals surface area (Å²) in [6.07, 6.45) is 0.569. The summed E-state index contributed by atoms with van der Waals surface area (Å²) in [5.74, 6) is -0.328. The van der Waals surface area contributed by atoms with Crippen LogP contribution in [0.15, 0.2) is 72.8 Å². The Morgan fingerprint density at radius 3 is 2.06 bits per heavy atom. The van der Waals surface area contributed by atoms with Crippen LogP contribution in [-0.2, 0) is 16.0 Å². The van der Waals surface area contributed by atoms with E-state index in [9.17, 15) is 9.59 Å². The van der Waals surface area contributed by atoms with Crippen LogP contribution in [0.1, 0.15) is 11.1 Å². The van der Waals surface area contributed by atoms with Crippen LogP contribution in [0.2, 0.25) is 0 Å². The molecule has 2 N–H and O–H groups in total. The fourth-order valence-electron chi connectivity index (χ4n) is 3.29. The van der Waals surface area contributed by atoms with Crippen LogP contribution in [-0.4, -0.2) is 62.5 Å². The second kappa shape index (κ2) is 12.6. The zero-order valence-electron chi connectivity index (χ0n) is 19.6. The van der Waals surface area contributed by atoms with E-state index in [2.05, 4.69) is 54.1 Å². The second-order valence-electron chi connectivity index (χ2n) is 8.01. The third-order valence-corrected chi connectivity index (χ3v) is 4.95. The molecule has 2 amide bonds. The highest BCUT2D eigenvalue weighted by atomic mass is 16.2. The van der Waals surface area contributed by atoms with Gasteiger partial charge in [0, 0.05) is 21.1 Å². The Morgan fingerprint density at radius 1 is 0.875 bits per heavy atom. The lowest BCUT2D eigenvalue weighted by molar-refractivity contribution is -0.137. The zero-order valence-corrected chi connectivity index (χ0v) is 19.6. The number of fused-ring (bicyclic) bond motifs is 1. The Balaban J connectivity index is 0.000000439. The number of rotatable bonds is 7. The van der Waals surface area contributed by atoms with Gasteiger partial charge in [0.05, 0.1) is 6.04 Å². The summed E-state index contributed by atoms with van der Waals surface area (Å²) >= 11 is 0. The summed E-state index contributed by atoms with van der Waals surface area (Å²) in [4.78, 5) is 25.9. The average molecular weight is 435 g/mol. The number of hydrogen-bond donors (Lipinski definition) is 2. The number of hydrazine groups is 1. The second-order valence-corrected chi connectivity index (χ2v) is 8.01. The lowest BCUT2D eigenvalue weighted by Gasteiger charge is -2.24. The SMILES string of the molecule is CNC(Cc1ccc2ccccc2c1)C(=O)N(C)CC(=O)NN(C)C.Cc1ccccc1. The van der Waals surface area contributed by atoms with E-state index >= 15 is 0 Å². The minimum absolute atomic E-state index is 0.0207. The maximum absolute atomic E-state index is 12.6. The van der Waals surface area contributed by atoms with Crippen molar-refractivity contribution in [1.29, 1.82) is 0 Å². The van der Waals surface area contributed by atoms with Gasteiger partial charge in [-0.2, -0.15) is 0 Å². The van der Waals surface area contributed by atoms with Crippen molar-refractivity contribution in [1.82, 2.24) is 20.7 Å². The molecular formula is C26H34N4O2. The molecule has 0 radical (unpaired) electrons. The average Bonchev–Trinajstić information content (AvgIpc) is 2.77. The van der Waals surface area contributed by atoms with E-state index in [1.54, 1.807) is 33.2 Å². The van der Waals surface area contributed by atoms with Gasteiger partial charge in [-0.15, -0.1) is 0 Å². The number of aryl methyl sites for hydroxylation is 1. The number of likely N-dealkylation sites (N-methyl/N-ethyl adjacent to an activating group) is 2. The summed E-state index contributed by atoms with van der Waals surface area (Å²) < 4.78 is 0. The Hall–Kier alpha value is -3.22. The number of carbonyl (C=O) groups is 2. The number of hydrogen-bond acceptors (Lipinski definition) is 4. The van der Waals surface area contributed by atoms with Crippen molar-refractivity contribution in [3.8, 4) is 0 Å². The molecule has 3 rings (SSSR count). The first-order valence-corrected chi connectivity index (χ1v) is 10.7. The number of carbonyl (C=O) groups excluding carboxylic acids is 2. The van der Waals surface area contributed by atoms with E-state index in [0.717, 1.165) is 10.9 Å². The summed E-state index contributed by atoms with van der Waals surface area (Å²) in [7, 11) is 6.87. The highest BCUT2D eigenvalue weighted by Crippen LogP contribution is 2.17. The van der Waals surface area contributed by atoms with Gasteiger partial charge < -0.3 is 10.2 Å². The fourth-order valence-corrected chi connectivity index (χ4v) is 3.29. The molecule has 0 saturated heterocycles. The molecular weight excluding hydrogens is 400 g/mol. The predicted octanol–water partition coefficient (Wildman–Crippen LogP) is 3.02. The van der Waals surface area contributed by atoms with Crippen molar-refractivity contribution in [3.63, 3.8) is 0 Å². The Bertz CT molecular complexity index is 1000. The van der Waals surface area contributed by atoms with Gasteiger partial charge >= 0.3 is 0 Å². The summed E-state index contributed by atoms with van der Waals surface area (Å²) in [6, 6.07) is 24.2. The van der Waals surface area contributed by atoms with E-state index in [4.69, 9.17) is 0 Å². The molecule has 32 heavy (non-hydrogen) atoms. The molecule has 6 heteroatoms. The van der Waals surface area contributed by atoms with Gasteiger partial charge in [-0.1, -0.05) is 78.4 Å². The van der Waals surface area contributed by atoms with Crippen molar-refractivity contribution in [2.24, 2.45) is 0 Å². The van der Waals surface area contributed by atoms with E-state index in [1.807, 2.05) is 36.4 Å². The Morgan fingerprint density at radius 2 is 1.50 bits per heavy atom. The van der Waals surface area contributed by atoms with Crippen LogP contribution in [0.4, 0.5) is 0 Å². The van der Waals surface area contributed by atoms with Crippen LogP contribution < -0.4 is 10.7 Å². The van der Waals surface area contributed by atoms with Crippen molar-refractivity contribution >= 4 is 22.6 Å². The molecule has 1 atom stereocenters. The van der Waals surface area contributed by atoms with Crippen molar-refractivity contribution in [3.05, 3.63) is 83.9 Å². The number of nitrogens with one attached hydrogen (secondary N) is 2. The standard InChI is InChI=1S/C19H26N4O2.C7H8/c1-20-17(19(25)23(4)13-18(24)21-22(2)3)12-14-9-10-15-7-5-6-8-16(15)11-14;1-7-5-3-2-4-6-7/h5-11,17,20H,12-13H2,1-4H3,(H,21,24);2-6H,1H3. The minimum Gasteiger partial charge on any atom is -0.335 e. The first-order chi connectivity index (χ1) is 15.3. The van der Waals surface area contributed by atoms with Crippen LogP contribution in [0.5, 0.6) is 0 Å². The molecule has 0 fully saturated rings. The van der Waals surface area contributed by atoms with Crippen LogP contribution >= 0.6 is 0 Å². The van der Waals surface area contributed by atoms with Crippen molar-refractivity contribution < 1.29 is 9.59 Å². The monoisotopic (exact) mass is 434 g/mol. The normalized spacial score (nSPS) is 11.4. The molecule has 0 saturated carbocycles. The lowest BCUT2D eigenvalue weighted by atomic mass is 10.0. The maximum Gasteiger partial charge on any atom is 0.253 e. The van der Waals surface area contributed by atoms with E-state index in [1.165, 1.54) is 15.8 Å². The maximum atomic E-state index is 12.6. The van der Waals surface area contributed by atoms with Crippen LogP contribution in [0.3, 0.4) is 0 Å². The third-order valence-electron chi connectivity index (χ3n) is 4.95. The quantitative estimate of drug-likeness (QED) is 0.561. The summed E-state index contributed by atoms with van der Waals surface area (Å²) in [5, 5.41) is 6.95. The molecule has 3 aromatic rings. The molecule has 0 aliphatic rings. The lowest BCUT2D eigenvalue weighted by Crippen LogP contribution is -2.49. The topological polar surface area (TPSA) is 64.7 Å². The molecule has 3 aromatic carbocycles. The van der Waals surface area contributed by atoms with E-state index < -0.39 is 0 Å². The van der Waals surface area contributed by atoms with Gasteiger partial charge in [-0.3, -0.25) is 15.0 Å². The molecule has 0 spiro atoms. The van der Waals surface area contributed by atoms with Gasteiger partial charge in [-0.05, 0) is 36.7 Å². The van der Waals surface area contributed by atoms with Gasteiger partial charge in [0.15, 0.2) is 0 Å². The Kier molecular flexibility index (Phi) is 9.85. The molecule has 0 heterocycles. The molecule has 6 nitrogen and oxygen atoms in total. The van der Waals surface area contributed by atoms with Gasteiger partial charge in [-0.25, -0.2) is 5.01 Å². The van der Waals surface area contributed by atoms with E-state index in [-0.39, 0.29) is 24.4 Å². The molecule has 0 aliphatic carbocycles. The number of benzene rings is 3. The zero-order chi connectivity index (χ0) is 23.5. The third kappa shape index (κ3) is 8.13. The van der Waals surface area contributed by atoms with Crippen molar-refractivity contribution in [2.45, 2.75) is 19.4 Å². The molecule has 170 valence electrons. The first-order valence-electron chi connectivity index (χ1n) is 10.7. The smallest absolute Gasteiger partial charge is 0.253 e. The molecule has 0 aliphatic heterocycles. The van der Waals surface area contributed by atoms with Crippen LogP contribution in [0.25, 0.3) is 10.8 Å². The molecule has 0 bridgehead atoms. The van der Waals surface area contributed by atoms with Gasteiger partial charge in [0.1, 0.15) is 6.54 Å². The van der Waals surface area contributed by atoms with E-state index in [0.29, 0.717) is 6.42 Å². The first kappa shape index (κ1) is 25.0.